The molecule has 0 saturated heterocycles. The van der Waals surface area contributed by atoms with Crippen molar-refractivity contribution in [1.82, 2.24) is 0 Å². The summed E-state index contributed by atoms with van der Waals surface area (Å²) in [6.45, 7) is 0. The van der Waals surface area contributed by atoms with Gasteiger partial charge < -0.3 is 9.84 Å². The van der Waals surface area contributed by atoms with Gasteiger partial charge in [0, 0.05) is 5.56 Å². The summed E-state index contributed by atoms with van der Waals surface area (Å²) in [6.07, 6.45) is 6.02. The third-order valence-electron chi connectivity index (χ3n) is 6.24. The lowest BCUT2D eigenvalue weighted by Crippen LogP contribution is -2.16. The highest BCUT2D eigenvalue weighted by Gasteiger charge is 2.24. The number of methoxy groups -OCH3 is 1. The van der Waals surface area contributed by atoms with Gasteiger partial charge in [-0.15, -0.1) is 0 Å². The Bertz CT molecular complexity index is 1300. The van der Waals surface area contributed by atoms with Crippen molar-refractivity contribution in [2.24, 2.45) is 0 Å². The molecule has 0 atom stereocenters. The number of ether oxygens (including phenoxy) is 1. The van der Waals surface area contributed by atoms with Crippen LogP contribution in [0.4, 0.5) is 10.1 Å². The number of carboxylic acid groups (broad SMARTS) is 1. The minimum absolute atomic E-state index is 0.00846. The molecule has 34 heavy (non-hydrogen) atoms. The second kappa shape index (κ2) is 9.85. The van der Waals surface area contributed by atoms with Crippen LogP contribution in [0.5, 0.6) is 5.75 Å². The molecule has 0 unspecified atom stereocenters. The van der Waals surface area contributed by atoms with Crippen molar-refractivity contribution >= 4 is 21.7 Å². The fourth-order valence-electron chi connectivity index (χ4n) is 4.42. The number of carboxylic acids is 1. The van der Waals surface area contributed by atoms with E-state index in [1.807, 2.05) is 24.3 Å². The van der Waals surface area contributed by atoms with Crippen molar-refractivity contribution in [3.05, 3.63) is 77.6 Å². The van der Waals surface area contributed by atoms with E-state index in [0.29, 0.717) is 11.5 Å². The van der Waals surface area contributed by atoms with Crippen LogP contribution in [0.2, 0.25) is 0 Å². The summed E-state index contributed by atoms with van der Waals surface area (Å²) < 4.78 is 48.9. The Morgan fingerprint density at radius 2 is 1.74 bits per heavy atom. The Labute approximate surface area is 198 Å². The van der Waals surface area contributed by atoms with Gasteiger partial charge in [0.2, 0.25) is 0 Å². The second-order valence-electron chi connectivity index (χ2n) is 8.40. The molecule has 6 nitrogen and oxygen atoms in total. The van der Waals surface area contributed by atoms with Crippen molar-refractivity contribution in [2.45, 2.75) is 42.9 Å². The number of rotatable bonds is 7. The van der Waals surface area contributed by atoms with Gasteiger partial charge in [-0.1, -0.05) is 55.7 Å². The largest absolute Gasteiger partial charge is 0.495 e. The van der Waals surface area contributed by atoms with Gasteiger partial charge in [0.1, 0.15) is 10.6 Å². The smallest absolute Gasteiger partial charge is 0.335 e. The van der Waals surface area contributed by atoms with Crippen LogP contribution in [0.1, 0.15) is 53.9 Å². The molecule has 1 fully saturated rings. The van der Waals surface area contributed by atoms with Gasteiger partial charge in [-0.3, -0.25) is 4.72 Å². The second-order valence-corrected chi connectivity index (χ2v) is 10.1. The maximum absolute atomic E-state index is 15.4. The summed E-state index contributed by atoms with van der Waals surface area (Å²) in [4.78, 5) is 10.7. The van der Waals surface area contributed by atoms with E-state index in [9.17, 15) is 13.2 Å². The molecule has 0 aliphatic heterocycles. The molecule has 1 saturated carbocycles. The van der Waals surface area contributed by atoms with Gasteiger partial charge >= 0.3 is 5.97 Å². The van der Waals surface area contributed by atoms with Crippen molar-refractivity contribution in [3.8, 4) is 16.9 Å². The SMILES string of the molecule is COc1cc(C(=O)O)ccc1NS(=O)(=O)c1cccc(-c2ccc(C3CCCCC3)cc2)c1F. The number of hydrogen-bond donors (Lipinski definition) is 2. The van der Waals surface area contributed by atoms with Crippen molar-refractivity contribution in [3.63, 3.8) is 0 Å². The summed E-state index contributed by atoms with van der Waals surface area (Å²) in [5.74, 6) is -1.51. The number of carbonyl (C=O) groups is 1. The summed E-state index contributed by atoms with van der Waals surface area (Å²) in [5.41, 5.74) is 1.95. The first-order chi connectivity index (χ1) is 16.3. The lowest BCUT2D eigenvalue weighted by Gasteiger charge is -2.22. The highest BCUT2D eigenvalue weighted by atomic mass is 32.2. The zero-order valence-electron chi connectivity index (χ0n) is 18.8. The predicted molar refractivity (Wildman–Crippen MR) is 128 cm³/mol. The normalized spacial score (nSPS) is 14.5. The first-order valence-electron chi connectivity index (χ1n) is 11.1. The van der Waals surface area contributed by atoms with Gasteiger partial charge in [0.15, 0.2) is 5.82 Å². The zero-order valence-corrected chi connectivity index (χ0v) is 19.6. The average molecular weight is 484 g/mol. The van der Waals surface area contributed by atoms with E-state index in [-0.39, 0.29) is 22.6 Å². The molecule has 2 N–H and O–H groups in total. The third kappa shape index (κ3) is 4.92. The first-order valence-corrected chi connectivity index (χ1v) is 12.6. The fraction of sp³-hybridized carbons (Fsp3) is 0.269. The quantitative estimate of drug-likeness (QED) is 0.427. The molecule has 3 aromatic carbocycles. The van der Waals surface area contributed by atoms with Crippen LogP contribution >= 0.6 is 0 Å². The maximum atomic E-state index is 15.4. The van der Waals surface area contributed by atoms with Crippen LogP contribution in [0.25, 0.3) is 11.1 Å². The van der Waals surface area contributed by atoms with E-state index in [4.69, 9.17) is 9.84 Å². The average Bonchev–Trinajstić information content (AvgIpc) is 2.84. The molecule has 0 amide bonds. The summed E-state index contributed by atoms with van der Waals surface area (Å²) >= 11 is 0. The number of sulfonamides is 1. The lowest BCUT2D eigenvalue weighted by atomic mass is 9.84. The molecular weight excluding hydrogens is 457 g/mol. The maximum Gasteiger partial charge on any atom is 0.335 e. The number of aromatic carboxylic acids is 1. The summed E-state index contributed by atoms with van der Waals surface area (Å²) in [5, 5.41) is 9.13. The number of hydrogen-bond acceptors (Lipinski definition) is 4. The molecule has 1 aliphatic carbocycles. The first kappa shape index (κ1) is 23.8. The van der Waals surface area contributed by atoms with E-state index < -0.39 is 26.7 Å². The zero-order chi connectivity index (χ0) is 24.3. The van der Waals surface area contributed by atoms with Crippen molar-refractivity contribution in [1.29, 1.82) is 0 Å². The number of nitrogens with one attached hydrogen (secondary N) is 1. The molecule has 0 bridgehead atoms. The molecule has 4 rings (SSSR count). The van der Waals surface area contributed by atoms with E-state index in [1.54, 1.807) is 6.07 Å². The summed E-state index contributed by atoms with van der Waals surface area (Å²) in [6, 6.07) is 15.6. The van der Waals surface area contributed by atoms with Gasteiger partial charge in [0.25, 0.3) is 10.0 Å². The molecule has 3 aromatic rings. The number of anilines is 1. The highest BCUT2D eigenvalue weighted by Crippen LogP contribution is 2.35. The number of halogens is 1. The molecular formula is C26H26FNO5S. The Morgan fingerprint density at radius 1 is 1.03 bits per heavy atom. The number of benzene rings is 3. The molecule has 8 heteroatoms. The van der Waals surface area contributed by atoms with Gasteiger partial charge in [-0.2, -0.15) is 0 Å². The minimum atomic E-state index is -4.32. The van der Waals surface area contributed by atoms with E-state index in [0.717, 1.165) is 12.8 Å². The van der Waals surface area contributed by atoms with Gasteiger partial charge in [-0.25, -0.2) is 17.6 Å². The van der Waals surface area contributed by atoms with Crippen LogP contribution in [-0.4, -0.2) is 26.6 Å². The third-order valence-corrected chi connectivity index (χ3v) is 7.63. The molecule has 0 heterocycles. The Kier molecular flexibility index (Phi) is 6.88. The Morgan fingerprint density at radius 3 is 2.38 bits per heavy atom. The van der Waals surface area contributed by atoms with Crippen LogP contribution in [0, 0.1) is 5.82 Å². The fourth-order valence-corrected chi connectivity index (χ4v) is 5.59. The van der Waals surface area contributed by atoms with E-state index in [2.05, 4.69) is 4.72 Å². The monoisotopic (exact) mass is 483 g/mol. The van der Waals surface area contributed by atoms with E-state index in [1.165, 1.54) is 62.3 Å². The molecule has 178 valence electrons. The van der Waals surface area contributed by atoms with Crippen molar-refractivity contribution < 1.29 is 27.4 Å². The minimum Gasteiger partial charge on any atom is -0.495 e. The summed E-state index contributed by atoms with van der Waals surface area (Å²) in [7, 11) is -3.03. The molecule has 0 spiro atoms. The van der Waals surface area contributed by atoms with E-state index >= 15 is 4.39 Å². The molecule has 0 radical (unpaired) electrons. The Hall–Kier alpha value is -3.39. The molecule has 0 aromatic heterocycles. The standard InChI is InChI=1S/C26H26FNO5S/c1-33-23-16-20(26(29)30)14-15-22(23)28-34(31,32)24-9-5-8-21(25(24)27)19-12-10-18(11-13-19)17-6-3-2-4-7-17/h5,8-17,28H,2-4,6-7H2,1H3,(H,29,30). The van der Waals surface area contributed by atoms with Gasteiger partial charge in [0.05, 0.1) is 18.4 Å². The Balaban J connectivity index is 1.63. The van der Waals surface area contributed by atoms with Crippen LogP contribution in [0.3, 0.4) is 0 Å². The predicted octanol–water partition coefficient (Wildman–Crippen LogP) is 6.05. The highest BCUT2D eigenvalue weighted by molar-refractivity contribution is 7.92. The van der Waals surface area contributed by atoms with Gasteiger partial charge in [-0.05, 0) is 54.2 Å². The topological polar surface area (TPSA) is 92.7 Å². The molecule has 1 aliphatic rings. The van der Waals surface area contributed by atoms with Crippen molar-refractivity contribution in [2.75, 3.05) is 11.8 Å². The van der Waals surface area contributed by atoms with Crippen LogP contribution < -0.4 is 9.46 Å². The van der Waals surface area contributed by atoms with Crippen LogP contribution in [0.15, 0.2) is 65.6 Å². The van der Waals surface area contributed by atoms with Crippen LogP contribution in [-0.2, 0) is 10.0 Å². The lowest BCUT2D eigenvalue weighted by molar-refractivity contribution is 0.0696.